The SMILES string of the molecule is CC1(C)CC(c2ccc(N)cc2)C(C(=O)O)CO1. The standard InChI is InChI=1S/C14H19NO3/c1-14(2)7-11(12(8-18-14)13(16)17)9-3-5-10(15)6-4-9/h3-6,11-12H,7-8,15H2,1-2H3,(H,16,17). The van der Waals surface area contributed by atoms with Gasteiger partial charge < -0.3 is 15.6 Å². The van der Waals surface area contributed by atoms with Crippen LogP contribution in [0.1, 0.15) is 31.7 Å². The van der Waals surface area contributed by atoms with Gasteiger partial charge in [0, 0.05) is 11.6 Å². The minimum Gasteiger partial charge on any atom is -0.481 e. The van der Waals surface area contributed by atoms with Crippen LogP contribution in [0.5, 0.6) is 0 Å². The van der Waals surface area contributed by atoms with Gasteiger partial charge in [0.05, 0.1) is 18.1 Å². The molecule has 98 valence electrons. The highest BCUT2D eigenvalue weighted by atomic mass is 16.5. The third kappa shape index (κ3) is 2.64. The molecule has 2 atom stereocenters. The first kappa shape index (κ1) is 12.9. The van der Waals surface area contributed by atoms with Gasteiger partial charge in [0.15, 0.2) is 0 Å². The molecule has 4 nitrogen and oxygen atoms in total. The topological polar surface area (TPSA) is 72.6 Å². The molecular formula is C14H19NO3. The molecule has 3 N–H and O–H groups in total. The number of nitrogen functional groups attached to an aromatic ring is 1. The van der Waals surface area contributed by atoms with Gasteiger partial charge in [0.1, 0.15) is 0 Å². The highest BCUT2D eigenvalue weighted by Gasteiger charge is 2.40. The Morgan fingerprint density at radius 1 is 1.39 bits per heavy atom. The van der Waals surface area contributed by atoms with E-state index in [0.29, 0.717) is 12.1 Å². The lowest BCUT2D eigenvalue weighted by Gasteiger charge is -2.39. The molecule has 0 amide bonds. The summed E-state index contributed by atoms with van der Waals surface area (Å²) in [6, 6.07) is 7.46. The van der Waals surface area contributed by atoms with E-state index in [9.17, 15) is 9.90 Å². The van der Waals surface area contributed by atoms with Crippen LogP contribution in [0.2, 0.25) is 0 Å². The molecule has 0 bridgehead atoms. The van der Waals surface area contributed by atoms with Crippen molar-refractivity contribution in [3.05, 3.63) is 29.8 Å². The Bertz CT molecular complexity index is 439. The van der Waals surface area contributed by atoms with E-state index in [0.717, 1.165) is 5.56 Å². The Balaban J connectivity index is 2.30. The summed E-state index contributed by atoms with van der Waals surface area (Å²) in [4.78, 5) is 11.3. The molecule has 1 heterocycles. The molecule has 2 unspecified atom stereocenters. The van der Waals surface area contributed by atoms with Gasteiger partial charge >= 0.3 is 5.97 Å². The van der Waals surface area contributed by atoms with Crippen molar-refractivity contribution in [2.45, 2.75) is 31.8 Å². The fourth-order valence-electron chi connectivity index (χ4n) is 2.50. The molecule has 1 aromatic carbocycles. The molecule has 1 saturated heterocycles. The normalized spacial score (nSPS) is 26.8. The number of nitrogens with two attached hydrogens (primary N) is 1. The van der Waals surface area contributed by atoms with E-state index in [1.807, 2.05) is 38.1 Å². The summed E-state index contributed by atoms with van der Waals surface area (Å²) >= 11 is 0. The Morgan fingerprint density at radius 3 is 2.56 bits per heavy atom. The smallest absolute Gasteiger partial charge is 0.309 e. The van der Waals surface area contributed by atoms with Crippen molar-refractivity contribution in [2.24, 2.45) is 5.92 Å². The molecule has 18 heavy (non-hydrogen) atoms. The average Bonchev–Trinajstić information content (AvgIpc) is 2.28. The predicted octanol–water partition coefficient (Wildman–Crippen LogP) is 2.25. The first-order valence-electron chi connectivity index (χ1n) is 6.11. The lowest BCUT2D eigenvalue weighted by molar-refractivity contribution is -0.155. The molecule has 0 aliphatic carbocycles. The minimum atomic E-state index is -0.799. The van der Waals surface area contributed by atoms with Crippen LogP contribution in [0, 0.1) is 5.92 Å². The van der Waals surface area contributed by atoms with E-state index in [1.165, 1.54) is 0 Å². The van der Waals surface area contributed by atoms with Crippen molar-refractivity contribution in [1.82, 2.24) is 0 Å². The zero-order valence-corrected chi connectivity index (χ0v) is 10.7. The third-order valence-electron chi connectivity index (χ3n) is 3.53. The first-order chi connectivity index (χ1) is 8.39. The Labute approximate surface area is 107 Å². The lowest BCUT2D eigenvalue weighted by Crippen LogP contribution is -2.41. The molecular weight excluding hydrogens is 230 g/mol. The van der Waals surface area contributed by atoms with E-state index in [-0.39, 0.29) is 18.1 Å². The maximum absolute atomic E-state index is 11.3. The maximum Gasteiger partial charge on any atom is 0.309 e. The Hall–Kier alpha value is -1.55. The summed E-state index contributed by atoms with van der Waals surface area (Å²) in [5.41, 5.74) is 7.10. The number of hydrogen-bond donors (Lipinski definition) is 2. The van der Waals surface area contributed by atoms with Gasteiger partial charge in [-0.25, -0.2) is 0 Å². The van der Waals surface area contributed by atoms with Gasteiger partial charge in [-0.05, 0) is 38.0 Å². The van der Waals surface area contributed by atoms with Crippen LogP contribution in [0.25, 0.3) is 0 Å². The number of rotatable bonds is 2. The van der Waals surface area contributed by atoms with Gasteiger partial charge in [-0.15, -0.1) is 0 Å². The zero-order chi connectivity index (χ0) is 13.3. The van der Waals surface area contributed by atoms with Gasteiger partial charge in [-0.1, -0.05) is 12.1 Å². The number of ether oxygens (including phenoxy) is 1. The number of anilines is 1. The van der Waals surface area contributed by atoms with Crippen molar-refractivity contribution in [3.63, 3.8) is 0 Å². The fourth-order valence-corrected chi connectivity index (χ4v) is 2.50. The van der Waals surface area contributed by atoms with Crippen molar-refractivity contribution in [1.29, 1.82) is 0 Å². The van der Waals surface area contributed by atoms with Gasteiger partial charge in [-0.2, -0.15) is 0 Å². The second kappa shape index (κ2) is 4.61. The van der Waals surface area contributed by atoms with E-state index < -0.39 is 11.9 Å². The fraction of sp³-hybridized carbons (Fsp3) is 0.500. The first-order valence-corrected chi connectivity index (χ1v) is 6.11. The average molecular weight is 249 g/mol. The van der Waals surface area contributed by atoms with Gasteiger partial charge in [-0.3, -0.25) is 4.79 Å². The van der Waals surface area contributed by atoms with Crippen molar-refractivity contribution < 1.29 is 14.6 Å². The number of benzene rings is 1. The highest BCUT2D eigenvalue weighted by molar-refractivity contribution is 5.72. The molecule has 1 fully saturated rings. The summed E-state index contributed by atoms with van der Waals surface area (Å²) in [5.74, 6) is -1.30. The van der Waals surface area contributed by atoms with E-state index in [2.05, 4.69) is 0 Å². The van der Waals surface area contributed by atoms with Crippen molar-refractivity contribution in [3.8, 4) is 0 Å². The summed E-state index contributed by atoms with van der Waals surface area (Å²) in [6.07, 6.45) is 0.702. The van der Waals surface area contributed by atoms with Crippen molar-refractivity contribution in [2.75, 3.05) is 12.3 Å². The highest BCUT2D eigenvalue weighted by Crippen LogP contribution is 2.39. The number of hydrogen-bond acceptors (Lipinski definition) is 3. The molecule has 1 aliphatic rings. The quantitative estimate of drug-likeness (QED) is 0.788. The van der Waals surface area contributed by atoms with Crippen LogP contribution in [-0.2, 0) is 9.53 Å². The Morgan fingerprint density at radius 2 is 2.00 bits per heavy atom. The monoisotopic (exact) mass is 249 g/mol. The van der Waals surface area contributed by atoms with Crippen LogP contribution in [0.15, 0.2) is 24.3 Å². The van der Waals surface area contributed by atoms with Crippen LogP contribution in [0.4, 0.5) is 5.69 Å². The third-order valence-corrected chi connectivity index (χ3v) is 3.53. The molecule has 0 saturated carbocycles. The number of aliphatic carboxylic acids is 1. The number of carbonyl (C=O) groups is 1. The Kier molecular flexibility index (Phi) is 3.30. The van der Waals surface area contributed by atoms with E-state index in [4.69, 9.17) is 10.5 Å². The van der Waals surface area contributed by atoms with Gasteiger partial charge in [0.25, 0.3) is 0 Å². The number of carboxylic acid groups (broad SMARTS) is 1. The summed E-state index contributed by atoms with van der Waals surface area (Å²) in [5, 5.41) is 9.29. The molecule has 2 rings (SSSR count). The van der Waals surface area contributed by atoms with Crippen LogP contribution >= 0.6 is 0 Å². The maximum atomic E-state index is 11.3. The van der Waals surface area contributed by atoms with Crippen molar-refractivity contribution >= 4 is 11.7 Å². The molecule has 0 spiro atoms. The lowest BCUT2D eigenvalue weighted by atomic mass is 9.77. The summed E-state index contributed by atoms with van der Waals surface area (Å²) < 4.78 is 5.61. The second-order valence-corrected chi connectivity index (χ2v) is 5.49. The second-order valence-electron chi connectivity index (χ2n) is 5.49. The summed E-state index contributed by atoms with van der Waals surface area (Å²) in [7, 11) is 0. The summed E-state index contributed by atoms with van der Waals surface area (Å²) in [6.45, 7) is 4.25. The molecule has 0 radical (unpaired) electrons. The van der Waals surface area contributed by atoms with E-state index >= 15 is 0 Å². The van der Waals surface area contributed by atoms with E-state index in [1.54, 1.807) is 0 Å². The molecule has 1 aliphatic heterocycles. The molecule has 1 aromatic rings. The van der Waals surface area contributed by atoms with Crippen LogP contribution < -0.4 is 5.73 Å². The number of carboxylic acids is 1. The van der Waals surface area contributed by atoms with Gasteiger partial charge in [0.2, 0.25) is 0 Å². The zero-order valence-electron chi connectivity index (χ0n) is 10.7. The molecule has 4 heteroatoms. The molecule has 0 aromatic heterocycles. The predicted molar refractivity (Wildman–Crippen MR) is 69.4 cm³/mol. The minimum absolute atomic E-state index is 0.0214. The van der Waals surface area contributed by atoms with Crippen LogP contribution in [0.3, 0.4) is 0 Å². The van der Waals surface area contributed by atoms with Crippen LogP contribution in [-0.4, -0.2) is 23.3 Å². The largest absolute Gasteiger partial charge is 0.481 e.